The van der Waals surface area contributed by atoms with Crippen LogP contribution in [0.15, 0.2) is 36.7 Å². The minimum absolute atomic E-state index is 0.878. The molecule has 2 heterocycles. The van der Waals surface area contributed by atoms with Crippen LogP contribution in [0.1, 0.15) is 24.9 Å². The van der Waals surface area contributed by atoms with Crippen LogP contribution in [-0.4, -0.2) is 26.1 Å². The van der Waals surface area contributed by atoms with E-state index in [2.05, 4.69) is 52.0 Å². The number of para-hydroxylation sites is 2. The third-order valence-electron chi connectivity index (χ3n) is 3.85. The standard InChI is InChI=1S/C17H21N5/c1-3-13-11-16(20-12-19-13)18-10-6-9-17-21-14-7-4-5-8-15(14)22(17)2/h4-5,7-8,11-12H,3,6,9-10H2,1-2H3,(H,18,19,20). The van der Waals surface area contributed by atoms with Gasteiger partial charge in [0.15, 0.2) is 0 Å². The summed E-state index contributed by atoms with van der Waals surface area (Å²) in [5, 5.41) is 3.35. The van der Waals surface area contributed by atoms with E-state index in [9.17, 15) is 0 Å². The SMILES string of the molecule is CCc1cc(NCCCc2nc3ccccc3n2C)ncn1. The molecule has 3 rings (SSSR count). The van der Waals surface area contributed by atoms with Gasteiger partial charge in [0.1, 0.15) is 18.0 Å². The maximum Gasteiger partial charge on any atom is 0.129 e. The van der Waals surface area contributed by atoms with E-state index in [1.165, 1.54) is 5.52 Å². The van der Waals surface area contributed by atoms with Crippen LogP contribution in [0.4, 0.5) is 5.82 Å². The van der Waals surface area contributed by atoms with Gasteiger partial charge in [-0.15, -0.1) is 0 Å². The molecule has 0 fully saturated rings. The first-order chi connectivity index (χ1) is 10.8. The molecule has 1 aromatic carbocycles. The number of aromatic nitrogens is 4. The Bertz CT molecular complexity index is 763. The molecule has 0 atom stereocenters. The van der Waals surface area contributed by atoms with Crippen LogP contribution in [-0.2, 0) is 19.9 Å². The Kier molecular flexibility index (Phi) is 4.32. The molecule has 0 aliphatic carbocycles. The van der Waals surface area contributed by atoms with E-state index in [0.717, 1.165) is 48.7 Å². The highest BCUT2D eigenvalue weighted by Gasteiger charge is 2.06. The largest absolute Gasteiger partial charge is 0.370 e. The van der Waals surface area contributed by atoms with Gasteiger partial charge in [0.2, 0.25) is 0 Å². The molecule has 1 N–H and O–H groups in total. The van der Waals surface area contributed by atoms with Crippen LogP contribution in [0.2, 0.25) is 0 Å². The van der Waals surface area contributed by atoms with Crippen molar-refractivity contribution in [3.8, 4) is 0 Å². The van der Waals surface area contributed by atoms with Gasteiger partial charge in [-0.3, -0.25) is 0 Å². The van der Waals surface area contributed by atoms with Crippen molar-refractivity contribution in [1.82, 2.24) is 19.5 Å². The van der Waals surface area contributed by atoms with Crippen LogP contribution in [0.3, 0.4) is 0 Å². The molecule has 5 heteroatoms. The Morgan fingerprint density at radius 1 is 1.18 bits per heavy atom. The van der Waals surface area contributed by atoms with Crippen LogP contribution in [0, 0.1) is 0 Å². The van der Waals surface area contributed by atoms with Gasteiger partial charge in [-0.2, -0.15) is 0 Å². The molecule has 0 aliphatic heterocycles. The van der Waals surface area contributed by atoms with Crippen LogP contribution >= 0.6 is 0 Å². The fourth-order valence-corrected chi connectivity index (χ4v) is 2.57. The monoisotopic (exact) mass is 295 g/mol. The lowest BCUT2D eigenvalue weighted by atomic mass is 10.3. The summed E-state index contributed by atoms with van der Waals surface area (Å²) in [7, 11) is 2.08. The molecular weight excluding hydrogens is 274 g/mol. The van der Waals surface area contributed by atoms with Gasteiger partial charge in [0.05, 0.1) is 11.0 Å². The second kappa shape index (κ2) is 6.56. The van der Waals surface area contributed by atoms with Gasteiger partial charge >= 0.3 is 0 Å². The van der Waals surface area contributed by atoms with Crippen LogP contribution in [0.25, 0.3) is 11.0 Å². The molecule has 0 radical (unpaired) electrons. The molecule has 2 aromatic heterocycles. The number of benzene rings is 1. The van der Waals surface area contributed by atoms with Crippen molar-refractivity contribution in [2.45, 2.75) is 26.2 Å². The molecule has 0 bridgehead atoms. The molecule has 0 aliphatic rings. The van der Waals surface area contributed by atoms with E-state index in [1.807, 2.05) is 12.1 Å². The molecule has 3 aromatic rings. The summed E-state index contributed by atoms with van der Waals surface area (Å²) in [5.74, 6) is 2.02. The van der Waals surface area contributed by atoms with Crippen molar-refractivity contribution < 1.29 is 0 Å². The molecule has 0 unspecified atom stereocenters. The summed E-state index contributed by atoms with van der Waals surface area (Å²) in [6.07, 6.45) is 4.51. The average Bonchev–Trinajstić information content (AvgIpc) is 2.88. The predicted octanol–water partition coefficient (Wildman–Crippen LogP) is 2.97. The van der Waals surface area contributed by atoms with Crippen molar-refractivity contribution in [1.29, 1.82) is 0 Å². The first-order valence-electron chi connectivity index (χ1n) is 7.73. The van der Waals surface area contributed by atoms with E-state index < -0.39 is 0 Å². The number of hydrogen-bond acceptors (Lipinski definition) is 4. The lowest BCUT2D eigenvalue weighted by Crippen LogP contribution is -2.07. The second-order valence-corrected chi connectivity index (χ2v) is 5.35. The van der Waals surface area contributed by atoms with Crippen molar-refractivity contribution in [2.24, 2.45) is 7.05 Å². The zero-order chi connectivity index (χ0) is 15.4. The first-order valence-corrected chi connectivity index (χ1v) is 7.73. The molecule has 0 spiro atoms. The Balaban J connectivity index is 1.57. The van der Waals surface area contributed by atoms with Crippen molar-refractivity contribution >= 4 is 16.9 Å². The molecule has 0 saturated heterocycles. The number of aryl methyl sites for hydroxylation is 3. The summed E-state index contributed by atoms with van der Waals surface area (Å²) in [6.45, 7) is 2.97. The lowest BCUT2D eigenvalue weighted by molar-refractivity contribution is 0.752. The molecule has 0 amide bonds. The van der Waals surface area contributed by atoms with E-state index in [-0.39, 0.29) is 0 Å². The zero-order valence-electron chi connectivity index (χ0n) is 13.1. The van der Waals surface area contributed by atoms with Crippen molar-refractivity contribution in [3.05, 3.63) is 48.2 Å². The van der Waals surface area contributed by atoms with Crippen LogP contribution < -0.4 is 5.32 Å². The minimum Gasteiger partial charge on any atom is -0.370 e. The van der Waals surface area contributed by atoms with Gasteiger partial charge in [-0.1, -0.05) is 19.1 Å². The van der Waals surface area contributed by atoms with E-state index in [4.69, 9.17) is 4.98 Å². The second-order valence-electron chi connectivity index (χ2n) is 5.35. The molecule has 5 nitrogen and oxygen atoms in total. The van der Waals surface area contributed by atoms with E-state index in [0.29, 0.717) is 0 Å². The maximum absolute atomic E-state index is 4.69. The smallest absolute Gasteiger partial charge is 0.129 e. The minimum atomic E-state index is 0.878. The maximum atomic E-state index is 4.69. The Labute approximate surface area is 130 Å². The fraction of sp³-hybridized carbons (Fsp3) is 0.353. The molecular formula is C17H21N5. The topological polar surface area (TPSA) is 55.6 Å². The number of nitrogens with one attached hydrogen (secondary N) is 1. The highest BCUT2D eigenvalue weighted by atomic mass is 15.1. The number of rotatable bonds is 6. The van der Waals surface area contributed by atoms with Gasteiger partial charge < -0.3 is 9.88 Å². The summed E-state index contributed by atoms with van der Waals surface area (Å²) < 4.78 is 2.18. The quantitative estimate of drug-likeness (QED) is 0.710. The highest BCUT2D eigenvalue weighted by molar-refractivity contribution is 5.75. The Morgan fingerprint density at radius 2 is 2.05 bits per heavy atom. The van der Waals surface area contributed by atoms with Gasteiger partial charge in [-0.25, -0.2) is 15.0 Å². The third kappa shape index (κ3) is 3.08. The fourth-order valence-electron chi connectivity index (χ4n) is 2.57. The predicted molar refractivity (Wildman–Crippen MR) is 88.9 cm³/mol. The van der Waals surface area contributed by atoms with Crippen molar-refractivity contribution in [2.75, 3.05) is 11.9 Å². The molecule has 114 valence electrons. The summed E-state index contributed by atoms with van der Waals surface area (Å²) in [4.78, 5) is 13.1. The van der Waals surface area contributed by atoms with Gasteiger partial charge in [-0.05, 0) is 25.0 Å². The summed E-state index contributed by atoms with van der Waals surface area (Å²) in [5.41, 5.74) is 3.32. The van der Waals surface area contributed by atoms with Gasteiger partial charge in [0, 0.05) is 31.8 Å². The number of imidazole rings is 1. The van der Waals surface area contributed by atoms with E-state index >= 15 is 0 Å². The third-order valence-corrected chi connectivity index (χ3v) is 3.85. The normalized spacial score (nSPS) is 11.0. The molecule has 0 saturated carbocycles. The Morgan fingerprint density at radius 3 is 2.86 bits per heavy atom. The number of anilines is 1. The first kappa shape index (κ1) is 14.5. The zero-order valence-corrected chi connectivity index (χ0v) is 13.1. The van der Waals surface area contributed by atoms with Crippen LogP contribution in [0.5, 0.6) is 0 Å². The number of fused-ring (bicyclic) bond motifs is 1. The average molecular weight is 295 g/mol. The highest BCUT2D eigenvalue weighted by Crippen LogP contribution is 2.15. The van der Waals surface area contributed by atoms with Gasteiger partial charge in [0.25, 0.3) is 0 Å². The Hall–Kier alpha value is -2.43. The van der Waals surface area contributed by atoms with Crippen molar-refractivity contribution in [3.63, 3.8) is 0 Å². The summed E-state index contributed by atoms with van der Waals surface area (Å²) >= 11 is 0. The molecule has 22 heavy (non-hydrogen) atoms. The van der Waals surface area contributed by atoms with E-state index in [1.54, 1.807) is 6.33 Å². The lowest BCUT2D eigenvalue weighted by Gasteiger charge is -2.06. The number of hydrogen-bond donors (Lipinski definition) is 1. The summed E-state index contributed by atoms with van der Waals surface area (Å²) in [6, 6.07) is 10.3. The number of nitrogens with zero attached hydrogens (tertiary/aromatic N) is 4.